The van der Waals surface area contributed by atoms with E-state index in [2.05, 4.69) is 4.90 Å². The quantitative estimate of drug-likeness (QED) is 0.828. The van der Waals surface area contributed by atoms with Gasteiger partial charge < -0.3 is 20.3 Å². The van der Waals surface area contributed by atoms with E-state index < -0.39 is 0 Å². The lowest BCUT2D eigenvalue weighted by molar-refractivity contribution is 0.0780. The molecule has 0 bridgehead atoms. The number of ether oxygens (including phenoxy) is 1. The molecule has 1 aromatic carbocycles. The van der Waals surface area contributed by atoms with Gasteiger partial charge in [-0.15, -0.1) is 0 Å². The van der Waals surface area contributed by atoms with Gasteiger partial charge in [-0.1, -0.05) is 6.07 Å². The van der Waals surface area contributed by atoms with Crippen molar-refractivity contribution in [3.63, 3.8) is 0 Å². The van der Waals surface area contributed by atoms with Gasteiger partial charge in [-0.3, -0.25) is 4.79 Å². The van der Waals surface area contributed by atoms with Crippen LogP contribution in [-0.2, 0) is 0 Å². The first-order valence-corrected chi connectivity index (χ1v) is 7.03. The molecule has 1 fully saturated rings. The van der Waals surface area contributed by atoms with Crippen LogP contribution in [0.5, 0.6) is 5.75 Å². The smallest absolute Gasteiger partial charge is 0.259 e. The Hall–Kier alpha value is -1.75. The van der Waals surface area contributed by atoms with Gasteiger partial charge in [-0.25, -0.2) is 0 Å². The van der Waals surface area contributed by atoms with Crippen LogP contribution >= 0.6 is 0 Å². The Morgan fingerprint density at radius 2 is 2.10 bits per heavy atom. The third-order valence-corrected chi connectivity index (χ3v) is 3.79. The lowest BCUT2D eigenvalue weighted by Gasteiger charge is -2.23. The summed E-state index contributed by atoms with van der Waals surface area (Å²) in [6.45, 7) is 3.89. The number of methoxy groups -OCH3 is 1. The zero-order valence-electron chi connectivity index (χ0n) is 12.3. The van der Waals surface area contributed by atoms with Crippen molar-refractivity contribution in [2.24, 2.45) is 0 Å². The average molecular weight is 277 g/mol. The summed E-state index contributed by atoms with van der Waals surface area (Å²) in [4.78, 5) is 16.6. The van der Waals surface area contributed by atoms with Crippen LogP contribution in [-0.4, -0.2) is 56.0 Å². The maximum Gasteiger partial charge on any atom is 0.259 e. The summed E-state index contributed by atoms with van der Waals surface area (Å²) in [7, 11) is 3.36. The number of carbonyl (C=O) groups excluding carboxylic acids is 1. The van der Waals surface area contributed by atoms with Gasteiger partial charge in [0.25, 0.3) is 5.91 Å². The Labute approximate surface area is 120 Å². The molecule has 1 aromatic rings. The summed E-state index contributed by atoms with van der Waals surface area (Å²) in [5.41, 5.74) is 6.83. The van der Waals surface area contributed by atoms with Crippen LogP contribution in [0.15, 0.2) is 18.2 Å². The monoisotopic (exact) mass is 277 g/mol. The molecule has 2 rings (SSSR count). The number of nitrogens with two attached hydrogens (primary N) is 1. The molecule has 20 heavy (non-hydrogen) atoms. The van der Waals surface area contributed by atoms with E-state index in [4.69, 9.17) is 10.5 Å². The fourth-order valence-corrected chi connectivity index (χ4v) is 2.54. The number of rotatable bonds is 5. The first-order valence-electron chi connectivity index (χ1n) is 7.03. The summed E-state index contributed by atoms with van der Waals surface area (Å²) in [5, 5.41) is 0. The van der Waals surface area contributed by atoms with E-state index in [9.17, 15) is 4.79 Å². The molecule has 1 saturated heterocycles. The standard InChI is InChI=1S/C15H23N3O2/c1-17(10-11-18-8-3-4-9-18)15(19)14-12(16)6-5-7-13(14)20-2/h5-7H,3-4,8-11,16H2,1-2H3. The van der Waals surface area contributed by atoms with Crippen LogP contribution in [0.2, 0.25) is 0 Å². The van der Waals surface area contributed by atoms with Gasteiger partial charge in [0.1, 0.15) is 11.3 Å². The summed E-state index contributed by atoms with van der Waals surface area (Å²) in [6.07, 6.45) is 2.52. The van der Waals surface area contributed by atoms with Crippen molar-refractivity contribution in [1.29, 1.82) is 0 Å². The first-order chi connectivity index (χ1) is 9.63. The molecule has 2 N–H and O–H groups in total. The predicted molar refractivity (Wildman–Crippen MR) is 80.0 cm³/mol. The van der Waals surface area contributed by atoms with Crippen molar-refractivity contribution in [2.75, 3.05) is 46.1 Å². The molecule has 1 aliphatic heterocycles. The molecule has 0 spiro atoms. The summed E-state index contributed by atoms with van der Waals surface area (Å²) in [6, 6.07) is 5.27. The highest BCUT2D eigenvalue weighted by atomic mass is 16.5. The van der Waals surface area contributed by atoms with Gasteiger partial charge in [-0.2, -0.15) is 0 Å². The highest BCUT2D eigenvalue weighted by Gasteiger charge is 2.20. The summed E-state index contributed by atoms with van der Waals surface area (Å²) < 4.78 is 5.24. The normalized spacial score (nSPS) is 15.3. The molecule has 1 heterocycles. The fourth-order valence-electron chi connectivity index (χ4n) is 2.54. The van der Waals surface area contributed by atoms with Crippen LogP contribution in [0, 0.1) is 0 Å². The second-order valence-electron chi connectivity index (χ2n) is 5.20. The van der Waals surface area contributed by atoms with Crippen LogP contribution in [0.3, 0.4) is 0 Å². The summed E-state index contributed by atoms with van der Waals surface area (Å²) >= 11 is 0. The fraction of sp³-hybridized carbons (Fsp3) is 0.533. The molecule has 1 amide bonds. The number of likely N-dealkylation sites (N-methyl/N-ethyl adjacent to an activating group) is 1. The molecule has 0 radical (unpaired) electrons. The molecule has 0 aromatic heterocycles. The average Bonchev–Trinajstić information content (AvgIpc) is 2.97. The Morgan fingerprint density at radius 1 is 1.40 bits per heavy atom. The molecule has 1 aliphatic rings. The molecule has 5 nitrogen and oxygen atoms in total. The van der Waals surface area contributed by atoms with Gasteiger partial charge in [-0.05, 0) is 38.1 Å². The Morgan fingerprint density at radius 3 is 2.75 bits per heavy atom. The van der Waals surface area contributed by atoms with Gasteiger partial charge in [0, 0.05) is 25.8 Å². The zero-order chi connectivity index (χ0) is 14.5. The van der Waals surface area contributed by atoms with E-state index >= 15 is 0 Å². The number of benzene rings is 1. The van der Waals surface area contributed by atoms with E-state index in [-0.39, 0.29) is 5.91 Å². The third kappa shape index (κ3) is 3.22. The molecule has 0 saturated carbocycles. The number of hydrogen-bond acceptors (Lipinski definition) is 4. The van der Waals surface area contributed by atoms with Crippen LogP contribution in [0.4, 0.5) is 5.69 Å². The van der Waals surface area contributed by atoms with Crippen molar-refractivity contribution in [3.05, 3.63) is 23.8 Å². The topological polar surface area (TPSA) is 58.8 Å². The van der Waals surface area contributed by atoms with Gasteiger partial charge >= 0.3 is 0 Å². The largest absolute Gasteiger partial charge is 0.496 e. The second kappa shape index (κ2) is 6.61. The van der Waals surface area contributed by atoms with Crippen molar-refractivity contribution in [2.45, 2.75) is 12.8 Å². The number of carbonyl (C=O) groups is 1. The molecule has 0 atom stereocenters. The maximum absolute atomic E-state index is 12.5. The lowest BCUT2D eigenvalue weighted by atomic mass is 10.1. The van der Waals surface area contributed by atoms with E-state index in [0.717, 1.165) is 19.6 Å². The third-order valence-electron chi connectivity index (χ3n) is 3.79. The van der Waals surface area contributed by atoms with Crippen molar-refractivity contribution in [3.8, 4) is 5.75 Å². The Kier molecular flexibility index (Phi) is 4.84. The molecule has 110 valence electrons. The van der Waals surface area contributed by atoms with Crippen LogP contribution in [0.25, 0.3) is 0 Å². The molecular formula is C15H23N3O2. The van der Waals surface area contributed by atoms with Crippen LogP contribution < -0.4 is 10.5 Å². The van der Waals surface area contributed by atoms with Gasteiger partial charge in [0.15, 0.2) is 0 Å². The minimum Gasteiger partial charge on any atom is -0.496 e. The SMILES string of the molecule is COc1cccc(N)c1C(=O)N(C)CCN1CCCC1. The van der Waals surface area contributed by atoms with Gasteiger partial charge in [0.2, 0.25) is 0 Å². The molecule has 0 unspecified atom stereocenters. The second-order valence-corrected chi connectivity index (χ2v) is 5.20. The summed E-state index contributed by atoms with van der Waals surface area (Å²) in [5.74, 6) is 0.446. The van der Waals surface area contributed by atoms with Crippen molar-refractivity contribution < 1.29 is 9.53 Å². The number of likely N-dealkylation sites (tertiary alicyclic amines) is 1. The zero-order valence-corrected chi connectivity index (χ0v) is 12.3. The minimum absolute atomic E-state index is 0.0841. The van der Waals surface area contributed by atoms with Crippen molar-refractivity contribution in [1.82, 2.24) is 9.80 Å². The first kappa shape index (κ1) is 14.7. The Bertz CT molecular complexity index is 470. The van der Waals surface area contributed by atoms with E-state index in [1.54, 1.807) is 30.2 Å². The lowest BCUT2D eigenvalue weighted by Crippen LogP contribution is -2.35. The van der Waals surface area contributed by atoms with Crippen LogP contribution in [0.1, 0.15) is 23.2 Å². The van der Waals surface area contributed by atoms with E-state index in [0.29, 0.717) is 23.5 Å². The van der Waals surface area contributed by atoms with Crippen molar-refractivity contribution >= 4 is 11.6 Å². The molecule has 5 heteroatoms. The number of amides is 1. The number of nitrogen functional groups attached to an aromatic ring is 1. The number of anilines is 1. The molecular weight excluding hydrogens is 254 g/mol. The van der Waals surface area contributed by atoms with E-state index in [1.165, 1.54) is 12.8 Å². The molecule has 0 aliphatic carbocycles. The predicted octanol–water partition coefficient (Wildman–Crippen LogP) is 1.45. The van der Waals surface area contributed by atoms with E-state index in [1.807, 2.05) is 7.05 Å². The minimum atomic E-state index is -0.0841. The van der Waals surface area contributed by atoms with Gasteiger partial charge in [0.05, 0.1) is 7.11 Å². The highest BCUT2D eigenvalue weighted by Crippen LogP contribution is 2.25. The number of hydrogen-bond donors (Lipinski definition) is 1. The number of nitrogens with zero attached hydrogens (tertiary/aromatic N) is 2. The maximum atomic E-state index is 12.5. The Balaban J connectivity index is 2.02. The highest BCUT2D eigenvalue weighted by molar-refractivity contribution is 6.01.